The lowest BCUT2D eigenvalue weighted by molar-refractivity contribution is 0.319. The third-order valence-corrected chi connectivity index (χ3v) is 5.65. The van der Waals surface area contributed by atoms with Gasteiger partial charge in [0.25, 0.3) is 0 Å². The summed E-state index contributed by atoms with van der Waals surface area (Å²) in [7, 11) is 2.20. The van der Waals surface area contributed by atoms with Gasteiger partial charge in [0.15, 0.2) is 0 Å². The van der Waals surface area contributed by atoms with Crippen molar-refractivity contribution in [3.05, 3.63) is 39.3 Å². The largest absolute Gasteiger partial charge is 0.299 e. The van der Waals surface area contributed by atoms with Crippen molar-refractivity contribution in [1.29, 1.82) is 0 Å². The molecule has 0 N–H and O–H groups in total. The molecule has 2 aromatic heterocycles. The number of aromatic nitrogens is 2. The first kappa shape index (κ1) is 16.7. The highest BCUT2D eigenvalue weighted by Crippen LogP contribution is 2.21. The normalized spacial score (nSPS) is 15.8. The van der Waals surface area contributed by atoms with Gasteiger partial charge in [-0.15, -0.1) is 11.3 Å². The van der Waals surface area contributed by atoms with Crippen LogP contribution in [0.5, 0.6) is 0 Å². The van der Waals surface area contributed by atoms with E-state index < -0.39 is 0 Å². The summed E-state index contributed by atoms with van der Waals surface area (Å²) in [6.45, 7) is 10.9. The van der Waals surface area contributed by atoms with Gasteiger partial charge in [-0.05, 0) is 63.8 Å². The SMILES string of the molecule is CCn1ncc(CN(C)Cc2cc(CN3CCCC3)cs2)c1C. The second kappa shape index (κ2) is 7.60. The molecule has 0 unspecified atom stereocenters. The van der Waals surface area contributed by atoms with Gasteiger partial charge in [-0.25, -0.2) is 0 Å². The summed E-state index contributed by atoms with van der Waals surface area (Å²) >= 11 is 1.90. The van der Waals surface area contributed by atoms with Crippen molar-refractivity contribution in [2.45, 2.75) is 52.9 Å². The summed E-state index contributed by atoms with van der Waals surface area (Å²) in [6.07, 6.45) is 4.75. The molecule has 0 atom stereocenters. The van der Waals surface area contributed by atoms with E-state index in [1.54, 1.807) is 0 Å². The van der Waals surface area contributed by atoms with Crippen LogP contribution >= 0.6 is 11.3 Å². The van der Waals surface area contributed by atoms with Crippen LogP contribution in [0, 0.1) is 6.92 Å². The fraction of sp³-hybridized carbons (Fsp3) is 0.611. The third kappa shape index (κ3) is 4.22. The maximum Gasteiger partial charge on any atom is 0.0537 e. The molecule has 5 heteroatoms. The lowest BCUT2D eigenvalue weighted by atomic mass is 10.2. The molecule has 4 nitrogen and oxygen atoms in total. The molecule has 0 amide bonds. The van der Waals surface area contributed by atoms with Gasteiger partial charge in [-0.2, -0.15) is 5.10 Å². The number of aryl methyl sites for hydroxylation is 1. The van der Waals surface area contributed by atoms with Crippen LogP contribution in [-0.4, -0.2) is 39.7 Å². The van der Waals surface area contributed by atoms with E-state index in [2.05, 4.69) is 51.9 Å². The van der Waals surface area contributed by atoms with Crippen molar-refractivity contribution in [2.75, 3.05) is 20.1 Å². The van der Waals surface area contributed by atoms with Crippen molar-refractivity contribution in [1.82, 2.24) is 19.6 Å². The Morgan fingerprint density at radius 3 is 2.74 bits per heavy atom. The van der Waals surface area contributed by atoms with Crippen LogP contribution in [0.4, 0.5) is 0 Å². The van der Waals surface area contributed by atoms with Crippen molar-refractivity contribution < 1.29 is 0 Å². The Balaban J connectivity index is 1.54. The number of rotatable bonds is 7. The summed E-state index contributed by atoms with van der Waals surface area (Å²) in [4.78, 5) is 6.41. The minimum Gasteiger partial charge on any atom is -0.299 e. The number of likely N-dealkylation sites (tertiary alicyclic amines) is 1. The molecule has 2 aromatic rings. The van der Waals surface area contributed by atoms with Gasteiger partial charge in [0.05, 0.1) is 6.20 Å². The summed E-state index contributed by atoms with van der Waals surface area (Å²) in [5.41, 5.74) is 4.11. The average Bonchev–Trinajstić information content (AvgIpc) is 3.24. The monoisotopic (exact) mass is 332 g/mol. The van der Waals surface area contributed by atoms with Gasteiger partial charge in [0.2, 0.25) is 0 Å². The van der Waals surface area contributed by atoms with Crippen LogP contribution in [-0.2, 0) is 26.2 Å². The molecule has 23 heavy (non-hydrogen) atoms. The summed E-state index contributed by atoms with van der Waals surface area (Å²) < 4.78 is 2.07. The van der Waals surface area contributed by atoms with E-state index in [1.807, 2.05) is 17.5 Å². The van der Waals surface area contributed by atoms with Crippen molar-refractivity contribution in [3.8, 4) is 0 Å². The molecule has 0 spiro atoms. The first-order valence-corrected chi connectivity index (χ1v) is 9.52. The zero-order chi connectivity index (χ0) is 16.2. The molecular weight excluding hydrogens is 304 g/mol. The minimum absolute atomic E-state index is 0.945. The lowest BCUT2D eigenvalue weighted by Gasteiger charge is -2.15. The van der Waals surface area contributed by atoms with E-state index in [0.29, 0.717) is 0 Å². The molecule has 3 rings (SSSR count). The molecule has 0 aliphatic carbocycles. The first-order valence-electron chi connectivity index (χ1n) is 8.64. The molecule has 0 aromatic carbocycles. The van der Waals surface area contributed by atoms with Gasteiger partial charge in [-0.3, -0.25) is 14.5 Å². The van der Waals surface area contributed by atoms with Crippen LogP contribution in [0.2, 0.25) is 0 Å². The van der Waals surface area contributed by atoms with Crippen LogP contribution in [0.25, 0.3) is 0 Å². The second-order valence-corrected chi connectivity index (χ2v) is 7.64. The molecule has 3 heterocycles. The molecule has 1 aliphatic heterocycles. The van der Waals surface area contributed by atoms with Crippen LogP contribution < -0.4 is 0 Å². The van der Waals surface area contributed by atoms with Gasteiger partial charge < -0.3 is 0 Å². The highest BCUT2D eigenvalue weighted by atomic mass is 32.1. The van der Waals surface area contributed by atoms with Crippen molar-refractivity contribution in [2.24, 2.45) is 0 Å². The van der Waals surface area contributed by atoms with E-state index >= 15 is 0 Å². The van der Waals surface area contributed by atoms with E-state index in [9.17, 15) is 0 Å². The van der Waals surface area contributed by atoms with Crippen LogP contribution in [0.15, 0.2) is 17.6 Å². The molecule has 0 bridgehead atoms. The predicted octanol–water partition coefficient (Wildman–Crippen LogP) is 3.50. The number of nitrogens with zero attached hydrogens (tertiary/aromatic N) is 4. The maximum absolute atomic E-state index is 4.44. The Morgan fingerprint density at radius 1 is 1.26 bits per heavy atom. The topological polar surface area (TPSA) is 24.3 Å². The Labute approximate surface area is 143 Å². The zero-order valence-electron chi connectivity index (χ0n) is 14.6. The van der Waals surface area contributed by atoms with Gasteiger partial charge in [0.1, 0.15) is 0 Å². The molecule has 126 valence electrons. The lowest BCUT2D eigenvalue weighted by Crippen LogP contribution is -2.18. The van der Waals surface area contributed by atoms with Crippen LogP contribution in [0.3, 0.4) is 0 Å². The minimum atomic E-state index is 0.945. The van der Waals surface area contributed by atoms with Crippen molar-refractivity contribution >= 4 is 11.3 Å². The quantitative estimate of drug-likeness (QED) is 0.775. The van der Waals surface area contributed by atoms with E-state index in [-0.39, 0.29) is 0 Å². The molecule has 1 fully saturated rings. The predicted molar refractivity (Wildman–Crippen MR) is 96.6 cm³/mol. The van der Waals surface area contributed by atoms with Gasteiger partial charge in [0, 0.05) is 42.3 Å². The molecular formula is C18H28N4S. The Kier molecular flexibility index (Phi) is 5.51. The number of hydrogen-bond donors (Lipinski definition) is 0. The van der Waals surface area contributed by atoms with E-state index in [0.717, 1.165) is 26.2 Å². The highest BCUT2D eigenvalue weighted by Gasteiger charge is 2.13. The maximum atomic E-state index is 4.44. The molecule has 1 aliphatic rings. The summed E-state index contributed by atoms with van der Waals surface area (Å²) in [5.74, 6) is 0. The summed E-state index contributed by atoms with van der Waals surface area (Å²) in [5, 5.41) is 6.78. The fourth-order valence-corrected chi connectivity index (χ4v) is 4.32. The molecule has 0 saturated carbocycles. The van der Waals surface area contributed by atoms with Gasteiger partial charge >= 0.3 is 0 Å². The Bertz CT molecular complexity index is 625. The van der Waals surface area contributed by atoms with E-state index in [4.69, 9.17) is 0 Å². The second-order valence-electron chi connectivity index (χ2n) is 6.65. The fourth-order valence-electron chi connectivity index (χ4n) is 3.36. The molecule has 0 radical (unpaired) electrons. The standard InChI is InChI=1S/C18H28N4S/c1-4-22-15(2)17(10-19-22)12-20(3)13-18-9-16(14-23-18)11-21-7-5-6-8-21/h9-10,14H,4-8,11-13H2,1-3H3. The third-order valence-electron chi connectivity index (χ3n) is 4.68. The number of thiophene rings is 1. The smallest absolute Gasteiger partial charge is 0.0537 e. The summed E-state index contributed by atoms with van der Waals surface area (Å²) in [6, 6.07) is 2.39. The Morgan fingerprint density at radius 2 is 2.04 bits per heavy atom. The van der Waals surface area contributed by atoms with Crippen LogP contribution in [0.1, 0.15) is 41.5 Å². The van der Waals surface area contributed by atoms with Gasteiger partial charge in [-0.1, -0.05) is 0 Å². The van der Waals surface area contributed by atoms with Crippen molar-refractivity contribution in [3.63, 3.8) is 0 Å². The average molecular weight is 333 g/mol. The first-order chi connectivity index (χ1) is 11.2. The zero-order valence-corrected chi connectivity index (χ0v) is 15.4. The molecule has 1 saturated heterocycles. The van der Waals surface area contributed by atoms with E-state index in [1.165, 1.54) is 47.6 Å². The Hall–Kier alpha value is -1.17. The number of hydrogen-bond acceptors (Lipinski definition) is 4. The highest BCUT2D eigenvalue weighted by molar-refractivity contribution is 7.10.